The molecular weight excluding hydrogens is 829 g/mol. The summed E-state index contributed by atoms with van der Waals surface area (Å²) in [5, 5.41) is 2.97. The number of nitrogens with zero attached hydrogens (tertiary/aromatic N) is 4. The molecule has 0 aliphatic carbocycles. The lowest BCUT2D eigenvalue weighted by atomic mass is 10.0. The van der Waals surface area contributed by atoms with Gasteiger partial charge >= 0.3 is 11.9 Å². The first kappa shape index (κ1) is 46.9. The molecule has 2 heterocycles. The summed E-state index contributed by atoms with van der Waals surface area (Å²) in [4.78, 5) is 43.4. The molecule has 16 heteroatoms. The number of carbonyl (C=O) groups excluding carboxylic acids is 2. The van der Waals surface area contributed by atoms with Gasteiger partial charge in [0.2, 0.25) is 20.0 Å². The number of carbonyl (C=O) groups is 2. The van der Waals surface area contributed by atoms with E-state index in [1.54, 1.807) is 24.3 Å². The molecule has 0 aromatic heterocycles. The number of hydrogen-bond acceptors (Lipinski definition) is 10. The van der Waals surface area contributed by atoms with Crippen LogP contribution in [0.2, 0.25) is 0 Å². The zero-order valence-electron chi connectivity index (χ0n) is 37.0. The highest BCUT2D eigenvalue weighted by molar-refractivity contribution is 7.90. The molecule has 4 aromatic carbocycles. The van der Waals surface area contributed by atoms with Crippen LogP contribution >= 0.6 is 0 Å². The molecule has 2 fully saturated rings. The normalized spacial score (nSPS) is 22.2. The number of piperidine rings is 2. The third-order valence-corrected chi connectivity index (χ3v) is 15.6. The Morgan fingerprint density at radius 2 is 0.968 bits per heavy atom. The average molecular weight is 893 g/mol. The summed E-state index contributed by atoms with van der Waals surface area (Å²) in [5.74, 6) is -1.36. The molecule has 0 saturated carbocycles. The highest BCUT2D eigenvalue weighted by Crippen LogP contribution is 2.33. The minimum Gasteiger partial charge on any atom is -0.377 e. The van der Waals surface area contributed by atoms with E-state index >= 15 is 0 Å². The van der Waals surface area contributed by atoms with Crippen LogP contribution in [0.15, 0.2) is 94.7 Å². The predicted molar refractivity (Wildman–Crippen MR) is 244 cm³/mol. The number of hydrogen-bond donors (Lipinski definition) is 2. The van der Waals surface area contributed by atoms with Crippen molar-refractivity contribution in [3.63, 3.8) is 0 Å². The molecule has 336 valence electrons. The SMILES string of the molecule is CC1CCCC[N+]1(CCCNS(=O)(=O)c1cccc2c(N(C)C)cccc12)OC(=O)/C=C/C(=O)O[N+]1(CCCNS(=O)(=O)c2cccc3c(N(C)C)cccc23)CCCCC1C. The van der Waals surface area contributed by atoms with Crippen molar-refractivity contribution < 1.29 is 45.4 Å². The van der Waals surface area contributed by atoms with Crippen LogP contribution in [0.25, 0.3) is 21.5 Å². The summed E-state index contributed by atoms with van der Waals surface area (Å²) in [5.41, 5.74) is 1.85. The van der Waals surface area contributed by atoms with E-state index in [1.165, 1.54) is 0 Å². The van der Waals surface area contributed by atoms with Crippen LogP contribution in [0.5, 0.6) is 0 Å². The van der Waals surface area contributed by atoms with Gasteiger partial charge in [0.1, 0.15) is 38.3 Å². The number of hydroxylamine groups is 6. The van der Waals surface area contributed by atoms with Crippen LogP contribution in [0.3, 0.4) is 0 Å². The summed E-state index contributed by atoms with van der Waals surface area (Å²) < 4.78 is 59.9. The van der Waals surface area contributed by atoms with Crippen LogP contribution < -0.4 is 19.2 Å². The van der Waals surface area contributed by atoms with Gasteiger partial charge in [-0.05, 0) is 51.0 Å². The summed E-state index contributed by atoms with van der Waals surface area (Å²) in [6.45, 7) is 6.31. The molecule has 0 radical (unpaired) electrons. The Hall–Kier alpha value is -4.58. The molecule has 2 aliphatic rings. The van der Waals surface area contributed by atoms with Crippen molar-refractivity contribution in [3.8, 4) is 0 Å². The van der Waals surface area contributed by atoms with Crippen LogP contribution in [-0.2, 0) is 39.3 Å². The molecule has 2 saturated heterocycles. The van der Waals surface area contributed by atoms with Crippen molar-refractivity contribution >= 4 is 64.9 Å². The van der Waals surface area contributed by atoms with Gasteiger partial charge in [-0.25, -0.2) is 35.9 Å². The minimum atomic E-state index is -3.84. The molecule has 4 unspecified atom stereocenters. The number of fused-ring (bicyclic) bond motifs is 2. The molecule has 0 amide bonds. The molecule has 0 bridgehead atoms. The number of nitrogens with one attached hydrogen (secondary N) is 2. The molecule has 2 aliphatic heterocycles. The van der Waals surface area contributed by atoms with Gasteiger partial charge in [-0.15, -0.1) is 9.29 Å². The molecule has 4 atom stereocenters. The number of rotatable bonds is 18. The summed E-state index contributed by atoms with van der Waals surface area (Å²) >= 11 is 0. The monoisotopic (exact) mass is 892 g/mol. The Labute approximate surface area is 367 Å². The van der Waals surface area contributed by atoms with Gasteiger partial charge in [0.25, 0.3) is 0 Å². The first-order valence-electron chi connectivity index (χ1n) is 21.7. The largest absolute Gasteiger partial charge is 0.390 e. The van der Waals surface area contributed by atoms with Gasteiger partial charge in [-0.2, -0.15) is 0 Å². The maximum absolute atomic E-state index is 13.6. The molecule has 62 heavy (non-hydrogen) atoms. The first-order valence-corrected chi connectivity index (χ1v) is 24.7. The van der Waals surface area contributed by atoms with Gasteiger partial charge < -0.3 is 9.80 Å². The highest BCUT2D eigenvalue weighted by atomic mass is 32.2. The lowest BCUT2D eigenvalue weighted by molar-refractivity contribution is -1.11. The lowest BCUT2D eigenvalue weighted by Gasteiger charge is -2.42. The van der Waals surface area contributed by atoms with Gasteiger partial charge in [-0.3, -0.25) is 9.68 Å². The fourth-order valence-corrected chi connectivity index (χ4v) is 11.8. The van der Waals surface area contributed by atoms with Crippen LogP contribution in [0.1, 0.15) is 65.2 Å². The summed E-state index contributed by atoms with van der Waals surface area (Å²) in [6.07, 6.45) is 8.39. The zero-order chi connectivity index (χ0) is 44.7. The maximum atomic E-state index is 13.6. The Morgan fingerprint density at radius 1 is 0.597 bits per heavy atom. The topological polar surface area (TPSA) is 151 Å². The van der Waals surface area contributed by atoms with Gasteiger partial charge in [0.15, 0.2) is 0 Å². The fraction of sp³-hybridized carbons (Fsp3) is 0.478. The third-order valence-electron chi connectivity index (χ3n) is 12.6. The number of benzene rings is 4. The number of quaternary nitrogens is 2. The van der Waals surface area contributed by atoms with E-state index in [9.17, 15) is 26.4 Å². The molecule has 6 rings (SSSR count). The number of anilines is 2. The predicted octanol–water partition coefficient (Wildman–Crippen LogP) is 6.41. The second-order valence-corrected chi connectivity index (χ2v) is 20.7. The van der Waals surface area contributed by atoms with Crippen molar-refractivity contribution in [1.29, 1.82) is 0 Å². The number of sulfonamides is 2. The Morgan fingerprint density at radius 3 is 1.34 bits per heavy atom. The van der Waals surface area contributed by atoms with Crippen molar-refractivity contribution in [2.24, 2.45) is 0 Å². The maximum Gasteiger partial charge on any atom is 0.390 e. The molecule has 2 N–H and O–H groups in total. The fourth-order valence-electron chi connectivity index (χ4n) is 9.17. The molecule has 0 spiro atoms. The summed E-state index contributed by atoms with van der Waals surface area (Å²) in [7, 11) is -0.00397. The summed E-state index contributed by atoms with van der Waals surface area (Å²) in [6, 6.07) is 21.7. The highest BCUT2D eigenvalue weighted by Gasteiger charge is 2.43. The Kier molecular flexibility index (Phi) is 15.0. The van der Waals surface area contributed by atoms with Crippen molar-refractivity contribution in [1.82, 2.24) is 9.44 Å². The number of likely N-dealkylation sites (tertiary alicyclic amines) is 2. The standard InChI is InChI=1S/C46H64N6O8S2/c1-35-17-7-9-31-51(35,33-15-29-47-61(55,56)43-25-13-19-37-39(43)21-11-23-41(37)49(3)4)59-45(53)27-28-46(54)60-52(32-10-8-18-36(52)2)34-16-30-48-62(57,58)44-26-14-20-38-40(44)22-12-24-42(38)50(5)6/h11-14,19-28,35-36,47-48H,7-10,15-18,29-34H2,1-6H3/q+2/b28-27+. The van der Waals surface area contributed by atoms with Crippen LogP contribution in [0, 0.1) is 0 Å². The van der Waals surface area contributed by atoms with E-state index in [4.69, 9.17) is 9.68 Å². The van der Waals surface area contributed by atoms with Crippen molar-refractivity contribution in [2.75, 3.05) is 77.3 Å². The molecular formula is C46H64N6O8S2+2. The quantitative estimate of drug-likeness (QED) is 0.0652. The van der Waals surface area contributed by atoms with Gasteiger partial charge in [0, 0.05) is 125 Å². The second kappa shape index (κ2) is 19.9. The minimum absolute atomic E-state index is 0.0243. The van der Waals surface area contributed by atoms with Crippen molar-refractivity contribution in [2.45, 2.75) is 87.1 Å². The zero-order valence-corrected chi connectivity index (χ0v) is 38.6. The second-order valence-electron chi connectivity index (χ2n) is 17.2. The van der Waals surface area contributed by atoms with E-state index in [-0.39, 0.29) is 44.3 Å². The van der Waals surface area contributed by atoms with E-state index in [1.807, 2.05) is 100 Å². The van der Waals surface area contributed by atoms with Crippen LogP contribution in [0.4, 0.5) is 11.4 Å². The molecule has 14 nitrogen and oxygen atoms in total. The lowest BCUT2D eigenvalue weighted by Crippen LogP contribution is -2.58. The third kappa shape index (κ3) is 10.6. The smallest absolute Gasteiger partial charge is 0.377 e. The molecule has 4 aromatic rings. The van der Waals surface area contributed by atoms with Gasteiger partial charge in [-0.1, -0.05) is 48.5 Å². The van der Waals surface area contributed by atoms with E-state index < -0.39 is 32.0 Å². The van der Waals surface area contributed by atoms with E-state index in [2.05, 4.69) is 9.44 Å². The average Bonchev–Trinajstić information content (AvgIpc) is 3.24. The van der Waals surface area contributed by atoms with E-state index in [0.29, 0.717) is 49.8 Å². The van der Waals surface area contributed by atoms with Crippen molar-refractivity contribution in [3.05, 3.63) is 84.9 Å². The first-order chi connectivity index (χ1) is 29.5. The Balaban J connectivity index is 1.06. The Bertz CT molecular complexity index is 2320. The van der Waals surface area contributed by atoms with Crippen LogP contribution in [-0.4, -0.2) is 118 Å². The van der Waals surface area contributed by atoms with Gasteiger partial charge in [0.05, 0.1) is 9.79 Å². The van der Waals surface area contributed by atoms with E-state index in [0.717, 1.165) is 72.8 Å².